The summed E-state index contributed by atoms with van der Waals surface area (Å²) >= 11 is 13.4. The zero-order valence-electron chi connectivity index (χ0n) is 11.3. The van der Waals surface area contributed by atoms with E-state index in [0.29, 0.717) is 5.02 Å². The maximum Gasteiger partial charge on any atom is 0.137 e. The molecule has 4 heteroatoms. The molecule has 1 unspecified atom stereocenters. The number of aryl methyl sites for hydroxylation is 1. The fourth-order valence-electron chi connectivity index (χ4n) is 2.09. The van der Waals surface area contributed by atoms with Crippen LogP contribution in [0.3, 0.4) is 0 Å². The Morgan fingerprint density at radius 1 is 1.20 bits per heavy atom. The number of hydrogen-bond acceptors (Lipinski definition) is 1. The predicted molar refractivity (Wildman–Crippen MR) is 92.3 cm³/mol. The second kappa shape index (κ2) is 6.97. The fourth-order valence-corrected chi connectivity index (χ4v) is 3.73. The number of benzene rings is 2. The lowest BCUT2D eigenvalue weighted by atomic mass is 10.0. The van der Waals surface area contributed by atoms with Crippen molar-refractivity contribution in [2.24, 2.45) is 0 Å². The van der Waals surface area contributed by atoms with E-state index in [4.69, 9.17) is 16.3 Å². The summed E-state index contributed by atoms with van der Waals surface area (Å²) in [7, 11) is 1.66. The highest BCUT2D eigenvalue weighted by Crippen LogP contribution is 2.42. The van der Waals surface area contributed by atoms with Gasteiger partial charge < -0.3 is 4.74 Å². The minimum atomic E-state index is 0.0401. The van der Waals surface area contributed by atoms with Gasteiger partial charge in [0.25, 0.3) is 0 Å². The SMILES string of the molecule is CCc1ccc(C(Br)c2cc(Cl)cc(Br)c2OC)cc1. The van der Waals surface area contributed by atoms with E-state index in [1.165, 1.54) is 11.1 Å². The van der Waals surface area contributed by atoms with Crippen molar-refractivity contribution in [3.05, 3.63) is 62.6 Å². The molecule has 0 saturated carbocycles. The lowest BCUT2D eigenvalue weighted by Crippen LogP contribution is -1.98. The summed E-state index contributed by atoms with van der Waals surface area (Å²) in [5.74, 6) is 0.802. The van der Waals surface area contributed by atoms with Crippen LogP contribution in [-0.4, -0.2) is 7.11 Å². The fraction of sp³-hybridized carbons (Fsp3) is 0.250. The van der Waals surface area contributed by atoms with E-state index in [1.54, 1.807) is 7.11 Å². The second-order valence-electron chi connectivity index (χ2n) is 4.47. The van der Waals surface area contributed by atoms with Crippen LogP contribution in [0, 0.1) is 0 Å². The summed E-state index contributed by atoms with van der Waals surface area (Å²) in [6.45, 7) is 2.15. The number of hydrogen-bond donors (Lipinski definition) is 0. The van der Waals surface area contributed by atoms with Crippen molar-refractivity contribution in [2.45, 2.75) is 18.2 Å². The normalized spacial score (nSPS) is 12.2. The molecule has 0 aliphatic heterocycles. The van der Waals surface area contributed by atoms with Crippen molar-refractivity contribution in [3.63, 3.8) is 0 Å². The average Bonchev–Trinajstić information content (AvgIpc) is 2.46. The van der Waals surface area contributed by atoms with Gasteiger partial charge >= 0.3 is 0 Å². The maximum atomic E-state index is 6.15. The average molecular weight is 419 g/mol. The molecule has 106 valence electrons. The molecule has 1 atom stereocenters. The van der Waals surface area contributed by atoms with E-state index in [1.807, 2.05) is 12.1 Å². The molecule has 2 rings (SSSR count). The Balaban J connectivity index is 2.43. The van der Waals surface area contributed by atoms with Crippen molar-refractivity contribution in [1.29, 1.82) is 0 Å². The molecule has 0 radical (unpaired) electrons. The van der Waals surface area contributed by atoms with Crippen LogP contribution >= 0.6 is 43.5 Å². The highest BCUT2D eigenvalue weighted by atomic mass is 79.9. The Bertz CT molecular complexity index is 596. The lowest BCUT2D eigenvalue weighted by Gasteiger charge is -2.17. The molecule has 0 spiro atoms. The standard InChI is InChI=1S/C16H15Br2ClO/c1-3-10-4-6-11(7-5-10)15(18)13-8-12(19)9-14(17)16(13)20-2/h4-9,15H,3H2,1-2H3. The van der Waals surface area contributed by atoms with E-state index >= 15 is 0 Å². The molecule has 0 heterocycles. The van der Waals surface area contributed by atoms with Crippen LogP contribution < -0.4 is 4.74 Å². The van der Waals surface area contributed by atoms with Crippen molar-refractivity contribution in [3.8, 4) is 5.75 Å². The topological polar surface area (TPSA) is 9.23 Å². The first-order chi connectivity index (χ1) is 9.56. The Morgan fingerprint density at radius 3 is 2.40 bits per heavy atom. The largest absolute Gasteiger partial charge is 0.495 e. The Hall–Kier alpha value is -0.510. The zero-order valence-corrected chi connectivity index (χ0v) is 15.2. The van der Waals surface area contributed by atoms with Gasteiger partial charge in [0.15, 0.2) is 0 Å². The number of methoxy groups -OCH3 is 1. The van der Waals surface area contributed by atoms with Gasteiger partial charge in [-0.15, -0.1) is 0 Å². The minimum absolute atomic E-state index is 0.0401. The molecule has 1 nitrogen and oxygen atoms in total. The lowest BCUT2D eigenvalue weighted by molar-refractivity contribution is 0.408. The van der Waals surface area contributed by atoms with Crippen molar-refractivity contribution < 1.29 is 4.74 Å². The third-order valence-corrected chi connectivity index (χ3v) is 5.02. The van der Waals surface area contributed by atoms with E-state index in [0.717, 1.165) is 22.2 Å². The van der Waals surface area contributed by atoms with Crippen molar-refractivity contribution in [2.75, 3.05) is 7.11 Å². The molecular weight excluding hydrogens is 403 g/mol. The quantitative estimate of drug-likeness (QED) is 0.541. The van der Waals surface area contributed by atoms with Crippen LogP contribution in [0.15, 0.2) is 40.9 Å². The van der Waals surface area contributed by atoms with E-state index < -0.39 is 0 Å². The van der Waals surface area contributed by atoms with Crippen molar-refractivity contribution >= 4 is 43.5 Å². The smallest absolute Gasteiger partial charge is 0.137 e. The van der Waals surface area contributed by atoms with Gasteiger partial charge in [-0.25, -0.2) is 0 Å². The first kappa shape index (κ1) is 15.9. The molecule has 20 heavy (non-hydrogen) atoms. The zero-order chi connectivity index (χ0) is 14.7. The van der Waals surface area contributed by atoms with Gasteiger partial charge in [0.05, 0.1) is 16.4 Å². The number of alkyl halides is 1. The van der Waals surface area contributed by atoms with Gasteiger partial charge in [-0.3, -0.25) is 0 Å². The minimum Gasteiger partial charge on any atom is -0.495 e. The van der Waals surface area contributed by atoms with Crippen LogP contribution in [0.4, 0.5) is 0 Å². The summed E-state index contributed by atoms with van der Waals surface area (Å²) in [5.41, 5.74) is 3.51. The molecule has 0 aliphatic rings. The molecule has 0 amide bonds. The summed E-state index contributed by atoms with van der Waals surface area (Å²) in [6.07, 6.45) is 1.04. The first-order valence-corrected chi connectivity index (χ1v) is 8.41. The number of rotatable bonds is 4. The Morgan fingerprint density at radius 2 is 1.85 bits per heavy atom. The maximum absolute atomic E-state index is 6.15. The highest BCUT2D eigenvalue weighted by molar-refractivity contribution is 9.10. The molecule has 0 aromatic heterocycles. The van der Waals surface area contributed by atoms with E-state index in [2.05, 4.69) is 63.0 Å². The monoisotopic (exact) mass is 416 g/mol. The molecular formula is C16H15Br2ClO. The summed E-state index contributed by atoms with van der Waals surface area (Å²) in [6, 6.07) is 12.3. The van der Waals surface area contributed by atoms with Gasteiger partial charge in [-0.05, 0) is 45.6 Å². The van der Waals surface area contributed by atoms with Crippen molar-refractivity contribution in [1.82, 2.24) is 0 Å². The Kier molecular flexibility index (Phi) is 5.53. The molecule has 0 fully saturated rings. The third-order valence-electron chi connectivity index (χ3n) is 3.19. The first-order valence-electron chi connectivity index (χ1n) is 6.32. The predicted octanol–water partition coefficient (Wildman–Crippen LogP) is 6.16. The molecule has 2 aromatic rings. The van der Waals surface area contributed by atoms with Crippen LogP contribution in [0.25, 0.3) is 0 Å². The molecule has 0 N–H and O–H groups in total. The molecule has 0 saturated heterocycles. The van der Waals surface area contributed by atoms with Crippen LogP contribution in [0.2, 0.25) is 5.02 Å². The van der Waals surface area contributed by atoms with Crippen LogP contribution in [0.5, 0.6) is 5.75 Å². The molecule has 0 bridgehead atoms. The van der Waals surface area contributed by atoms with Crippen LogP contribution in [-0.2, 0) is 6.42 Å². The Labute approximate surface area is 141 Å². The van der Waals surface area contributed by atoms with Gasteiger partial charge in [-0.2, -0.15) is 0 Å². The number of ether oxygens (including phenoxy) is 1. The third kappa shape index (κ3) is 3.38. The van der Waals surface area contributed by atoms with Crippen LogP contribution in [0.1, 0.15) is 28.4 Å². The van der Waals surface area contributed by atoms with Gasteiger partial charge in [0.2, 0.25) is 0 Å². The summed E-state index contributed by atoms with van der Waals surface area (Å²) in [5, 5.41) is 0.683. The summed E-state index contributed by atoms with van der Waals surface area (Å²) in [4.78, 5) is 0.0401. The number of halogens is 3. The summed E-state index contributed by atoms with van der Waals surface area (Å²) < 4.78 is 6.34. The second-order valence-corrected chi connectivity index (χ2v) is 6.67. The molecule has 0 aliphatic carbocycles. The molecule has 2 aromatic carbocycles. The highest BCUT2D eigenvalue weighted by Gasteiger charge is 2.18. The van der Waals surface area contributed by atoms with E-state index in [9.17, 15) is 0 Å². The van der Waals surface area contributed by atoms with E-state index in [-0.39, 0.29) is 4.83 Å². The van der Waals surface area contributed by atoms with Gasteiger partial charge in [0.1, 0.15) is 5.75 Å². The van der Waals surface area contributed by atoms with Gasteiger partial charge in [0, 0.05) is 10.6 Å². The van der Waals surface area contributed by atoms with Gasteiger partial charge in [-0.1, -0.05) is 58.7 Å².